The summed E-state index contributed by atoms with van der Waals surface area (Å²) in [6.45, 7) is 11.1. The fourth-order valence-corrected chi connectivity index (χ4v) is 3.81. The Bertz CT molecular complexity index is 245. The first-order chi connectivity index (χ1) is 11.6. The third-order valence-corrected chi connectivity index (χ3v) is 5.26. The SMILES string of the molecule is CCC[N+](CCO)(CCO)CCCCCCCCCCCC(C)C.[Cl-]. The van der Waals surface area contributed by atoms with Gasteiger partial charge in [-0.2, -0.15) is 0 Å². The number of nitrogens with zero attached hydrogens (tertiary/aromatic N) is 1. The van der Waals surface area contributed by atoms with Gasteiger partial charge in [-0.3, -0.25) is 0 Å². The lowest BCUT2D eigenvalue weighted by atomic mass is 10.0. The van der Waals surface area contributed by atoms with Crippen LogP contribution in [0.2, 0.25) is 0 Å². The summed E-state index contributed by atoms with van der Waals surface area (Å²) in [6.07, 6.45) is 14.8. The minimum Gasteiger partial charge on any atom is -1.00 e. The normalized spacial score (nSPS) is 11.8. The Kier molecular flexibility index (Phi) is 20.8. The van der Waals surface area contributed by atoms with Crippen molar-refractivity contribution in [3.05, 3.63) is 0 Å². The van der Waals surface area contributed by atoms with Crippen molar-refractivity contribution < 1.29 is 27.1 Å². The van der Waals surface area contributed by atoms with Gasteiger partial charge in [-0.15, -0.1) is 0 Å². The van der Waals surface area contributed by atoms with Crippen LogP contribution >= 0.6 is 0 Å². The van der Waals surface area contributed by atoms with Gasteiger partial charge in [0.25, 0.3) is 0 Å². The van der Waals surface area contributed by atoms with E-state index in [-0.39, 0.29) is 25.6 Å². The van der Waals surface area contributed by atoms with Crippen molar-refractivity contribution in [2.75, 3.05) is 39.4 Å². The van der Waals surface area contributed by atoms with Crippen LogP contribution in [0.25, 0.3) is 0 Å². The first-order valence-electron chi connectivity index (χ1n) is 10.7. The molecule has 0 aromatic rings. The van der Waals surface area contributed by atoms with Crippen molar-refractivity contribution in [2.24, 2.45) is 5.92 Å². The highest BCUT2D eigenvalue weighted by Crippen LogP contribution is 2.15. The third kappa shape index (κ3) is 16.1. The van der Waals surface area contributed by atoms with E-state index < -0.39 is 0 Å². The number of hydrogen-bond donors (Lipinski definition) is 2. The van der Waals surface area contributed by atoms with Crippen molar-refractivity contribution in [1.29, 1.82) is 0 Å². The summed E-state index contributed by atoms with van der Waals surface area (Å²) in [6, 6.07) is 0. The molecular formula is C21H46ClNO2. The van der Waals surface area contributed by atoms with Crippen LogP contribution in [0.3, 0.4) is 0 Å². The molecule has 0 amide bonds. The molecule has 3 nitrogen and oxygen atoms in total. The molecule has 0 bridgehead atoms. The van der Waals surface area contributed by atoms with Gasteiger partial charge in [0, 0.05) is 0 Å². The van der Waals surface area contributed by atoms with Crippen molar-refractivity contribution in [3.8, 4) is 0 Å². The molecule has 0 aliphatic carbocycles. The second-order valence-electron chi connectivity index (χ2n) is 8.05. The fourth-order valence-electron chi connectivity index (χ4n) is 3.81. The van der Waals surface area contributed by atoms with E-state index in [4.69, 9.17) is 0 Å². The van der Waals surface area contributed by atoms with Crippen molar-refractivity contribution in [1.82, 2.24) is 0 Å². The zero-order valence-electron chi connectivity index (χ0n) is 17.3. The predicted octanol–water partition coefficient (Wildman–Crippen LogP) is 1.76. The second kappa shape index (κ2) is 18.9. The number of rotatable bonds is 18. The first-order valence-corrected chi connectivity index (χ1v) is 10.7. The van der Waals surface area contributed by atoms with Gasteiger partial charge in [-0.05, 0) is 25.2 Å². The highest BCUT2D eigenvalue weighted by molar-refractivity contribution is 4.51. The average Bonchev–Trinajstić information content (AvgIpc) is 2.53. The number of aliphatic hydroxyl groups excluding tert-OH is 2. The molecule has 4 heteroatoms. The van der Waals surface area contributed by atoms with E-state index in [1.54, 1.807) is 0 Å². The Morgan fingerprint density at radius 1 is 0.640 bits per heavy atom. The van der Waals surface area contributed by atoms with E-state index in [0.717, 1.165) is 43.0 Å². The van der Waals surface area contributed by atoms with E-state index in [1.807, 2.05) is 0 Å². The van der Waals surface area contributed by atoms with Gasteiger partial charge in [-0.25, -0.2) is 0 Å². The molecule has 0 fully saturated rings. The Hall–Kier alpha value is 0.170. The average molecular weight is 380 g/mol. The number of quaternary nitrogens is 1. The number of aliphatic hydroxyl groups is 2. The summed E-state index contributed by atoms with van der Waals surface area (Å²) in [5.74, 6) is 0.861. The first kappa shape index (κ1) is 27.4. The Morgan fingerprint density at radius 2 is 1.08 bits per heavy atom. The highest BCUT2D eigenvalue weighted by Gasteiger charge is 2.24. The minimum atomic E-state index is 0. The largest absolute Gasteiger partial charge is 1.00 e. The smallest absolute Gasteiger partial charge is 0.102 e. The van der Waals surface area contributed by atoms with Crippen LogP contribution in [-0.2, 0) is 0 Å². The molecule has 0 aliphatic heterocycles. The van der Waals surface area contributed by atoms with Gasteiger partial charge in [0.2, 0.25) is 0 Å². The van der Waals surface area contributed by atoms with Crippen molar-refractivity contribution in [3.63, 3.8) is 0 Å². The molecule has 0 aromatic heterocycles. The van der Waals surface area contributed by atoms with Gasteiger partial charge < -0.3 is 27.1 Å². The molecule has 0 radical (unpaired) electrons. The van der Waals surface area contributed by atoms with E-state index in [9.17, 15) is 10.2 Å². The van der Waals surface area contributed by atoms with Crippen LogP contribution < -0.4 is 12.4 Å². The van der Waals surface area contributed by atoms with Crippen LogP contribution in [0.1, 0.15) is 91.4 Å². The second-order valence-corrected chi connectivity index (χ2v) is 8.05. The lowest BCUT2D eigenvalue weighted by Gasteiger charge is -2.38. The quantitative estimate of drug-likeness (QED) is 0.281. The van der Waals surface area contributed by atoms with Gasteiger partial charge in [0.15, 0.2) is 0 Å². The zero-order valence-corrected chi connectivity index (χ0v) is 18.1. The molecule has 0 heterocycles. The third-order valence-electron chi connectivity index (χ3n) is 5.26. The van der Waals surface area contributed by atoms with Gasteiger partial charge in [0.1, 0.15) is 13.1 Å². The molecule has 0 saturated carbocycles. The summed E-state index contributed by atoms with van der Waals surface area (Å²) in [7, 11) is 0. The number of hydrogen-bond acceptors (Lipinski definition) is 2. The molecule has 0 spiro atoms. The van der Waals surface area contributed by atoms with Crippen molar-refractivity contribution in [2.45, 2.75) is 91.4 Å². The molecule has 2 N–H and O–H groups in total. The number of halogens is 1. The maximum atomic E-state index is 9.35. The predicted molar refractivity (Wildman–Crippen MR) is 105 cm³/mol. The molecule has 0 unspecified atom stereocenters. The maximum Gasteiger partial charge on any atom is 0.102 e. The van der Waals surface area contributed by atoms with Gasteiger partial charge in [-0.1, -0.05) is 72.1 Å². The van der Waals surface area contributed by atoms with E-state index in [1.165, 1.54) is 64.2 Å². The lowest BCUT2D eigenvalue weighted by Crippen LogP contribution is -3.00. The molecular weight excluding hydrogens is 334 g/mol. The van der Waals surface area contributed by atoms with Gasteiger partial charge in [0.05, 0.1) is 26.3 Å². The Labute approximate surface area is 164 Å². The molecule has 0 rings (SSSR count). The summed E-state index contributed by atoms with van der Waals surface area (Å²) in [5.41, 5.74) is 0. The standard InChI is InChI=1S/C21H46NO2.ClH/c1-4-15-22(17-19-23,18-20-24)16-13-11-9-7-5-6-8-10-12-14-21(2)3;/h21,23-24H,4-20H2,1-3H3;1H/q+1;/p-1. The Balaban J connectivity index is 0. The van der Waals surface area contributed by atoms with Crippen LogP contribution in [0.4, 0.5) is 0 Å². The number of unbranched alkanes of at least 4 members (excludes halogenated alkanes) is 8. The van der Waals surface area contributed by atoms with Crippen LogP contribution in [0.15, 0.2) is 0 Å². The highest BCUT2D eigenvalue weighted by atomic mass is 35.5. The van der Waals surface area contributed by atoms with E-state index in [0.29, 0.717) is 0 Å². The molecule has 0 aliphatic rings. The minimum absolute atomic E-state index is 0. The molecule has 0 aromatic carbocycles. The summed E-state index contributed by atoms with van der Waals surface area (Å²) >= 11 is 0. The van der Waals surface area contributed by atoms with E-state index in [2.05, 4.69) is 20.8 Å². The Morgan fingerprint density at radius 3 is 1.48 bits per heavy atom. The van der Waals surface area contributed by atoms with E-state index >= 15 is 0 Å². The topological polar surface area (TPSA) is 40.5 Å². The molecule has 25 heavy (non-hydrogen) atoms. The molecule has 154 valence electrons. The summed E-state index contributed by atoms with van der Waals surface area (Å²) < 4.78 is 0.902. The summed E-state index contributed by atoms with van der Waals surface area (Å²) in [5, 5.41) is 18.7. The van der Waals surface area contributed by atoms with Crippen molar-refractivity contribution >= 4 is 0 Å². The zero-order chi connectivity index (χ0) is 18.1. The maximum absolute atomic E-state index is 9.35. The van der Waals surface area contributed by atoms with Crippen LogP contribution in [0.5, 0.6) is 0 Å². The fraction of sp³-hybridized carbons (Fsp3) is 1.00. The summed E-state index contributed by atoms with van der Waals surface area (Å²) in [4.78, 5) is 0. The van der Waals surface area contributed by atoms with Crippen LogP contribution in [0, 0.1) is 5.92 Å². The van der Waals surface area contributed by atoms with Crippen LogP contribution in [-0.4, -0.2) is 54.1 Å². The monoisotopic (exact) mass is 379 g/mol. The molecule has 0 atom stereocenters. The molecule has 0 saturated heterocycles. The van der Waals surface area contributed by atoms with Gasteiger partial charge >= 0.3 is 0 Å². The lowest BCUT2D eigenvalue weighted by molar-refractivity contribution is -0.929.